The molecule has 1 unspecified atom stereocenters. The average Bonchev–Trinajstić information content (AvgIpc) is 3.29. The second-order valence-electron chi connectivity index (χ2n) is 9.54. The van der Waals surface area contributed by atoms with Crippen LogP contribution in [0, 0.1) is 11.3 Å². The molecule has 1 aromatic carbocycles. The first-order chi connectivity index (χ1) is 15.5. The number of benzene rings is 1. The third kappa shape index (κ3) is 4.12. The van der Waals surface area contributed by atoms with E-state index < -0.39 is 17.0 Å². The number of nitriles is 1. The number of amides is 1. The van der Waals surface area contributed by atoms with Crippen LogP contribution in [-0.2, 0) is 15.9 Å². The summed E-state index contributed by atoms with van der Waals surface area (Å²) in [5.41, 5.74) is 14.9. The van der Waals surface area contributed by atoms with Crippen LogP contribution in [0.4, 0.5) is 0 Å². The molecule has 7 heteroatoms. The lowest BCUT2D eigenvalue weighted by Crippen LogP contribution is -2.52. The summed E-state index contributed by atoms with van der Waals surface area (Å²) in [5.74, 6) is -0.272. The fourth-order valence-electron chi connectivity index (χ4n) is 4.50. The highest BCUT2D eigenvalue weighted by Gasteiger charge is 2.48. The number of nitrogens with two attached hydrogens (primary N) is 2. The van der Waals surface area contributed by atoms with Crippen molar-refractivity contribution in [2.24, 2.45) is 16.5 Å². The number of thiophene rings is 1. The minimum absolute atomic E-state index is 0.0908. The van der Waals surface area contributed by atoms with E-state index in [0.717, 1.165) is 27.1 Å². The molecule has 0 fully saturated rings. The van der Waals surface area contributed by atoms with Gasteiger partial charge in [0.15, 0.2) is 5.96 Å². The van der Waals surface area contributed by atoms with E-state index in [1.54, 1.807) is 18.4 Å². The zero-order valence-electron chi connectivity index (χ0n) is 19.4. The van der Waals surface area contributed by atoms with Gasteiger partial charge in [0, 0.05) is 29.0 Å². The first-order valence-corrected chi connectivity index (χ1v) is 11.8. The van der Waals surface area contributed by atoms with Gasteiger partial charge in [0.1, 0.15) is 5.54 Å². The molecule has 0 spiro atoms. The molecule has 1 aliphatic carbocycles. The first-order valence-electron chi connectivity index (χ1n) is 10.9. The second-order valence-corrected chi connectivity index (χ2v) is 10.4. The van der Waals surface area contributed by atoms with Crippen LogP contribution in [-0.4, -0.2) is 23.8 Å². The second kappa shape index (κ2) is 8.29. The van der Waals surface area contributed by atoms with Gasteiger partial charge in [0.05, 0.1) is 12.0 Å². The monoisotopic (exact) mass is 459 g/mol. The van der Waals surface area contributed by atoms with Gasteiger partial charge in [-0.1, -0.05) is 36.4 Å². The fourth-order valence-corrected chi connectivity index (χ4v) is 5.61. The SMILES string of the molecule is CN1C(=O)[C@@H](c2ccc(C(C)(C)N)cc2)[C@@](C)(c2cc(C3C=CC=C(C#N)C3)cs2)N=C1N. The lowest BCUT2D eigenvalue weighted by Gasteiger charge is -2.40. The fraction of sp³-hybridized carbons (Fsp3) is 0.346. The quantitative estimate of drug-likeness (QED) is 0.713. The predicted molar refractivity (Wildman–Crippen MR) is 133 cm³/mol. The van der Waals surface area contributed by atoms with E-state index in [9.17, 15) is 10.1 Å². The van der Waals surface area contributed by atoms with Crippen LogP contribution in [0.15, 0.2) is 64.5 Å². The number of carbonyl (C=O) groups is 1. The van der Waals surface area contributed by atoms with Crippen LogP contribution in [0.1, 0.15) is 60.6 Å². The summed E-state index contributed by atoms with van der Waals surface area (Å²) in [6.45, 7) is 5.88. The van der Waals surface area contributed by atoms with Crippen LogP contribution < -0.4 is 11.5 Å². The van der Waals surface area contributed by atoms with E-state index in [4.69, 9.17) is 16.5 Å². The van der Waals surface area contributed by atoms with Crippen molar-refractivity contribution in [2.45, 2.75) is 50.1 Å². The van der Waals surface area contributed by atoms with Crippen LogP contribution in [0.3, 0.4) is 0 Å². The normalized spacial score (nSPS) is 25.5. The molecule has 0 radical (unpaired) electrons. The Kier molecular flexibility index (Phi) is 5.77. The molecule has 6 nitrogen and oxygen atoms in total. The molecule has 170 valence electrons. The molecule has 0 saturated heterocycles. The van der Waals surface area contributed by atoms with E-state index in [1.165, 1.54) is 4.90 Å². The molecule has 1 aromatic heterocycles. The van der Waals surface area contributed by atoms with E-state index in [-0.39, 0.29) is 17.8 Å². The Morgan fingerprint density at radius 2 is 1.97 bits per heavy atom. The van der Waals surface area contributed by atoms with Gasteiger partial charge >= 0.3 is 0 Å². The Balaban J connectivity index is 1.75. The Morgan fingerprint density at radius 1 is 1.27 bits per heavy atom. The zero-order chi connectivity index (χ0) is 24.0. The van der Waals surface area contributed by atoms with Crippen molar-refractivity contribution >= 4 is 23.2 Å². The third-order valence-corrected chi connectivity index (χ3v) is 7.76. The van der Waals surface area contributed by atoms with Crippen molar-refractivity contribution in [1.82, 2.24) is 4.90 Å². The maximum Gasteiger partial charge on any atom is 0.239 e. The van der Waals surface area contributed by atoms with Crippen molar-refractivity contribution in [3.8, 4) is 6.07 Å². The molecule has 2 aromatic rings. The number of allylic oxidation sites excluding steroid dienone is 4. The average molecular weight is 460 g/mol. The minimum Gasteiger partial charge on any atom is -0.369 e. The summed E-state index contributed by atoms with van der Waals surface area (Å²) in [7, 11) is 1.66. The van der Waals surface area contributed by atoms with Gasteiger partial charge in [-0.25, -0.2) is 4.99 Å². The molecule has 4 N–H and O–H groups in total. The van der Waals surface area contributed by atoms with Gasteiger partial charge in [0.2, 0.25) is 5.91 Å². The highest BCUT2D eigenvalue weighted by molar-refractivity contribution is 7.10. The summed E-state index contributed by atoms with van der Waals surface area (Å²) >= 11 is 1.58. The van der Waals surface area contributed by atoms with Crippen LogP contribution >= 0.6 is 11.3 Å². The number of nitrogens with zero attached hydrogens (tertiary/aromatic N) is 3. The number of guanidine groups is 1. The summed E-state index contributed by atoms with van der Waals surface area (Å²) in [4.78, 5) is 20.7. The minimum atomic E-state index is -0.845. The lowest BCUT2D eigenvalue weighted by atomic mass is 9.76. The molecule has 1 aliphatic heterocycles. The van der Waals surface area contributed by atoms with Gasteiger partial charge < -0.3 is 11.5 Å². The van der Waals surface area contributed by atoms with Gasteiger partial charge in [-0.05, 0) is 61.4 Å². The maximum atomic E-state index is 13.5. The summed E-state index contributed by atoms with van der Waals surface area (Å²) in [6.07, 6.45) is 6.57. The van der Waals surface area contributed by atoms with Crippen LogP contribution in [0.2, 0.25) is 0 Å². The third-order valence-electron chi connectivity index (χ3n) is 6.59. The Labute approximate surface area is 198 Å². The lowest BCUT2D eigenvalue weighted by molar-refractivity contribution is -0.130. The van der Waals surface area contributed by atoms with Crippen molar-refractivity contribution in [1.29, 1.82) is 5.26 Å². The molecule has 4 rings (SSSR count). The van der Waals surface area contributed by atoms with Gasteiger partial charge in [0.25, 0.3) is 0 Å². The molecule has 0 saturated carbocycles. The van der Waals surface area contributed by atoms with Crippen molar-refractivity contribution in [2.75, 3.05) is 7.05 Å². The summed E-state index contributed by atoms with van der Waals surface area (Å²) in [6, 6.07) is 12.3. The standard InChI is InChI=1S/C26H29N5OS/c1-25(2,29)20-10-8-17(9-11-20)22-23(32)31(4)24(28)30-26(22,3)21-13-19(15-33-21)18-7-5-6-16(12-18)14-27/h5-11,13,15,18,22H,12,29H2,1-4H3,(H2,28,30)/t18?,22-,26-/m1/s1. The topological polar surface area (TPSA) is 108 Å². The Morgan fingerprint density at radius 3 is 2.61 bits per heavy atom. The van der Waals surface area contributed by atoms with Crippen LogP contribution in [0.25, 0.3) is 0 Å². The summed E-state index contributed by atoms with van der Waals surface area (Å²) < 4.78 is 0. The van der Waals surface area contributed by atoms with Crippen molar-refractivity contribution in [3.63, 3.8) is 0 Å². The smallest absolute Gasteiger partial charge is 0.239 e. The summed E-state index contributed by atoms with van der Waals surface area (Å²) in [5, 5.41) is 11.4. The van der Waals surface area contributed by atoms with E-state index >= 15 is 0 Å². The molecule has 3 atom stereocenters. The molecule has 33 heavy (non-hydrogen) atoms. The predicted octanol–water partition coefficient (Wildman–Crippen LogP) is 4.22. The molecular weight excluding hydrogens is 430 g/mol. The largest absolute Gasteiger partial charge is 0.369 e. The molecule has 2 heterocycles. The molecule has 1 amide bonds. The van der Waals surface area contributed by atoms with Crippen molar-refractivity contribution in [3.05, 3.63) is 81.1 Å². The van der Waals surface area contributed by atoms with E-state index in [2.05, 4.69) is 23.6 Å². The number of hydrogen-bond donors (Lipinski definition) is 2. The van der Waals surface area contributed by atoms with E-state index in [0.29, 0.717) is 6.42 Å². The number of aliphatic imine (C=N–C) groups is 1. The van der Waals surface area contributed by atoms with Crippen molar-refractivity contribution < 1.29 is 4.79 Å². The van der Waals surface area contributed by atoms with E-state index in [1.807, 2.05) is 57.2 Å². The number of carbonyl (C=O) groups excluding carboxylic acids is 1. The first kappa shape index (κ1) is 23.0. The highest BCUT2D eigenvalue weighted by atomic mass is 32.1. The molecular formula is C26H29N5OS. The Hall–Kier alpha value is -3.21. The van der Waals surface area contributed by atoms with Crippen LogP contribution in [0.5, 0.6) is 0 Å². The zero-order valence-corrected chi connectivity index (χ0v) is 20.2. The number of hydrogen-bond acceptors (Lipinski definition) is 6. The molecule has 2 aliphatic rings. The highest BCUT2D eigenvalue weighted by Crippen LogP contribution is 2.47. The van der Waals surface area contributed by atoms with Gasteiger partial charge in [-0.2, -0.15) is 5.26 Å². The molecule has 0 bridgehead atoms. The maximum absolute atomic E-state index is 13.5. The number of likely N-dealkylation sites (N-methyl/N-ethyl adjacent to an activating group) is 1. The van der Waals surface area contributed by atoms with Gasteiger partial charge in [-0.15, -0.1) is 11.3 Å². The number of rotatable bonds is 4. The Bertz CT molecular complexity index is 1210. The van der Waals surface area contributed by atoms with Gasteiger partial charge in [-0.3, -0.25) is 9.69 Å².